The van der Waals surface area contributed by atoms with Gasteiger partial charge in [-0.25, -0.2) is 13.6 Å². The number of carbonyl (C=O) groups excluding carboxylic acids is 1. The van der Waals surface area contributed by atoms with Crippen molar-refractivity contribution in [3.8, 4) is 5.75 Å². The van der Waals surface area contributed by atoms with E-state index in [9.17, 15) is 13.2 Å². The number of hydrogen-bond acceptors (Lipinski definition) is 5. The molecule has 1 aromatic carbocycles. The van der Waals surface area contributed by atoms with Crippen molar-refractivity contribution in [1.29, 1.82) is 0 Å². The van der Waals surface area contributed by atoms with E-state index in [1.54, 1.807) is 25.1 Å². The second-order valence-electron chi connectivity index (χ2n) is 4.13. The molecular formula is C12H19N3O4S. The number of benzene rings is 1. The van der Waals surface area contributed by atoms with Crippen molar-refractivity contribution < 1.29 is 17.9 Å². The highest BCUT2D eigenvalue weighted by Crippen LogP contribution is 2.24. The zero-order valence-corrected chi connectivity index (χ0v) is 12.1. The van der Waals surface area contributed by atoms with Crippen LogP contribution in [0, 0.1) is 0 Å². The molecule has 1 aromatic rings. The van der Waals surface area contributed by atoms with Gasteiger partial charge in [0, 0.05) is 12.2 Å². The highest BCUT2D eigenvalue weighted by molar-refractivity contribution is 7.89. The molecular weight excluding hydrogens is 282 g/mol. The Morgan fingerprint density at radius 2 is 2.10 bits per heavy atom. The predicted molar refractivity (Wildman–Crippen MR) is 76.9 cm³/mol. The number of primary sulfonamides is 1. The maximum atomic E-state index is 12.0. The molecule has 0 atom stereocenters. The van der Waals surface area contributed by atoms with Crippen molar-refractivity contribution in [2.24, 2.45) is 5.14 Å². The van der Waals surface area contributed by atoms with Gasteiger partial charge >= 0.3 is 0 Å². The van der Waals surface area contributed by atoms with Crippen LogP contribution in [0.3, 0.4) is 0 Å². The van der Waals surface area contributed by atoms with E-state index in [0.717, 1.165) is 0 Å². The monoisotopic (exact) mass is 301 g/mol. The van der Waals surface area contributed by atoms with E-state index in [1.807, 2.05) is 0 Å². The molecule has 0 aliphatic heterocycles. The minimum Gasteiger partial charge on any atom is -0.493 e. The number of sulfonamides is 1. The Balaban J connectivity index is 2.68. The van der Waals surface area contributed by atoms with E-state index in [2.05, 4.69) is 5.32 Å². The van der Waals surface area contributed by atoms with Crippen LogP contribution in [0.15, 0.2) is 18.2 Å². The van der Waals surface area contributed by atoms with Gasteiger partial charge < -0.3 is 15.8 Å². The number of ether oxygens (including phenoxy) is 1. The van der Waals surface area contributed by atoms with Crippen LogP contribution in [-0.2, 0) is 10.0 Å². The first kappa shape index (κ1) is 16.3. The van der Waals surface area contributed by atoms with Crippen molar-refractivity contribution in [2.75, 3.05) is 24.6 Å². The fourth-order valence-electron chi connectivity index (χ4n) is 1.63. The summed E-state index contributed by atoms with van der Waals surface area (Å²) < 4.78 is 26.9. The van der Waals surface area contributed by atoms with Gasteiger partial charge in [-0.3, -0.25) is 4.79 Å². The van der Waals surface area contributed by atoms with Crippen molar-refractivity contribution in [3.63, 3.8) is 0 Å². The SMILES string of the molecule is CCOc1cccc(N)c1C(=O)NCCCS(N)(=O)=O. The third-order valence-corrected chi connectivity index (χ3v) is 3.33. The minimum absolute atomic E-state index is 0.185. The number of amides is 1. The van der Waals surface area contributed by atoms with Gasteiger partial charge in [-0.2, -0.15) is 0 Å². The van der Waals surface area contributed by atoms with Gasteiger partial charge in [-0.1, -0.05) is 6.07 Å². The van der Waals surface area contributed by atoms with Gasteiger partial charge in [-0.15, -0.1) is 0 Å². The van der Waals surface area contributed by atoms with E-state index in [1.165, 1.54) is 0 Å². The summed E-state index contributed by atoms with van der Waals surface area (Å²) in [6.45, 7) is 2.40. The summed E-state index contributed by atoms with van der Waals surface area (Å²) in [6.07, 6.45) is 0.237. The molecule has 0 saturated carbocycles. The van der Waals surface area contributed by atoms with E-state index < -0.39 is 15.9 Å². The van der Waals surface area contributed by atoms with Crippen LogP contribution in [0.5, 0.6) is 5.75 Å². The molecule has 0 aliphatic carbocycles. The molecule has 0 heterocycles. The number of carbonyl (C=O) groups is 1. The summed E-state index contributed by atoms with van der Waals surface area (Å²) in [7, 11) is -3.51. The van der Waals surface area contributed by atoms with Gasteiger partial charge in [0.15, 0.2) is 0 Å². The summed E-state index contributed by atoms with van der Waals surface area (Å²) in [5.74, 6) is -0.187. The van der Waals surface area contributed by atoms with Gasteiger partial charge in [0.1, 0.15) is 11.3 Å². The van der Waals surface area contributed by atoms with Gasteiger partial charge in [0.05, 0.1) is 12.4 Å². The highest BCUT2D eigenvalue weighted by Gasteiger charge is 2.15. The van der Waals surface area contributed by atoms with Crippen LogP contribution in [-0.4, -0.2) is 33.2 Å². The zero-order valence-electron chi connectivity index (χ0n) is 11.3. The van der Waals surface area contributed by atoms with Gasteiger partial charge in [0.2, 0.25) is 10.0 Å². The molecule has 112 valence electrons. The predicted octanol–water partition coefficient (Wildman–Crippen LogP) is 0.0759. The number of hydrogen-bond donors (Lipinski definition) is 3. The first-order valence-corrected chi connectivity index (χ1v) is 7.86. The largest absolute Gasteiger partial charge is 0.493 e. The number of rotatable bonds is 7. The number of nitrogens with two attached hydrogens (primary N) is 2. The highest BCUT2D eigenvalue weighted by atomic mass is 32.2. The molecule has 1 rings (SSSR count). The molecule has 0 fully saturated rings. The van der Waals surface area contributed by atoms with Crippen LogP contribution in [0.25, 0.3) is 0 Å². The van der Waals surface area contributed by atoms with Crippen LogP contribution in [0.4, 0.5) is 5.69 Å². The fourth-order valence-corrected chi connectivity index (χ4v) is 2.18. The molecule has 20 heavy (non-hydrogen) atoms. The summed E-state index contributed by atoms with van der Waals surface area (Å²) >= 11 is 0. The molecule has 0 bridgehead atoms. The lowest BCUT2D eigenvalue weighted by Gasteiger charge is -2.12. The molecule has 7 nitrogen and oxygen atoms in total. The zero-order chi connectivity index (χ0) is 15.2. The standard InChI is InChI=1S/C12H19N3O4S/c1-2-19-10-6-3-5-9(13)11(10)12(16)15-7-4-8-20(14,17)18/h3,5-6H,2,4,7-8,13H2,1H3,(H,15,16)(H2,14,17,18). The number of nitrogen functional groups attached to an aromatic ring is 1. The Morgan fingerprint density at radius 1 is 1.40 bits per heavy atom. The van der Waals surface area contributed by atoms with Crippen LogP contribution in [0.1, 0.15) is 23.7 Å². The molecule has 0 unspecified atom stereocenters. The first-order valence-electron chi connectivity index (χ1n) is 6.15. The lowest BCUT2D eigenvalue weighted by molar-refractivity contribution is 0.0951. The topological polar surface area (TPSA) is 125 Å². The summed E-state index contributed by atoms with van der Waals surface area (Å²) in [6, 6.07) is 4.94. The lowest BCUT2D eigenvalue weighted by atomic mass is 10.1. The smallest absolute Gasteiger partial charge is 0.257 e. The fraction of sp³-hybridized carbons (Fsp3) is 0.417. The average Bonchev–Trinajstić information content (AvgIpc) is 2.34. The number of nitrogens with one attached hydrogen (secondary N) is 1. The lowest BCUT2D eigenvalue weighted by Crippen LogP contribution is -2.28. The van der Waals surface area contributed by atoms with E-state index in [-0.39, 0.29) is 24.3 Å². The average molecular weight is 301 g/mol. The molecule has 0 aliphatic rings. The van der Waals surface area contributed by atoms with Crippen LogP contribution >= 0.6 is 0 Å². The molecule has 0 saturated heterocycles. The molecule has 1 amide bonds. The Hall–Kier alpha value is -1.80. The van der Waals surface area contributed by atoms with Crippen molar-refractivity contribution >= 4 is 21.6 Å². The Kier molecular flexibility index (Phi) is 5.78. The van der Waals surface area contributed by atoms with Gasteiger partial charge in [0.25, 0.3) is 5.91 Å². The van der Waals surface area contributed by atoms with E-state index >= 15 is 0 Å². The number of anilines is 1. The van der Waals surface area contributed by atoms with E-state index in [4.69, 9.17) is 15.6 Å². The first-order chi connectivity index (χ1) is 9.35. The molecule has 0 spiro atoms. The Morgan fingerprint density at radius 3 is 2.70 bits per heavy atom. The van der Waals surface area contributed by atoms with E-state index in [0.29, 0.717) is 18.0 Å². The summed E-state index contributed by atoms with van der Waals surface area (Å²) in [5.41, 5.74) is 6.33. The van der Waals surface area contributed by atoms with Crippen molar-refractivity contribution in [1.82, 2.24) is 5.32 Å². The summed E-state index contributed by atoms with van der Waals surface area (Å²) in [4.78, 5) is 12.0. The second kappa shape index (κ2) is 7.11. The van der Waals surface area contributed by atoms with Crippen molar-refractivity contribution in [2.45, 2.75) is 13.3 Å². The molecule has 8 heteroatoms. The normalized spacial score (nSPS) is 11.1. The van der Waals surface area contributed by atoms with Crippen LogP contribution < -0.4 is 20.9 Å². The van der Waals surface area contributed by atoms with Gasteiger partial charge in [-0.05, 0) is 25.5 Å². The quantitative estimate of drug-likeness (QED) is 0.486. The molecule has 0 aromatic heterocycles. The third-order valence-electron chi connectivity index (χ3n) is 2.48. The third kappa shape index (κ3) is 5.06. The van der Waals surface area contributed by atoms with Crippen LogP contribution in [0.2, 0.25) is 0 Å². The maximum Gasteiger partial charge on any atom is 0.257 e. The maximum absolute atomic E-state index is 12.0. The summed E-state index contributed by atoms with van der Waals surface area (Å²) in [5, 5.41) is 7.46. The Bertz CT molecular complexity index is 572. The Labute approximate surface area is 118 Å². The molecule has 5 N–H and O–H groups in total. The second-order valence-corrected chi connectivity index (χ2v) is 5.86. The minimum atomic E-state index is -3.51. The van der Waals surface area contributed by atoms with Crippen molar-refractivity contribution in [3.05, 3.63) is 23.8 Å². The molecule has 0 radical (unpaired) electrons.